The fourth-order valence-electron chi connectivity index (χ4n) is 2.22. The predicted molar refractivity (Wildman–Crippen MR) is 90.0 cm³/mol. The summed E-state index contributed by atoms with van der Waals surface area (Å²) in [6.45, 7) is 5.31. The lowest BCUT2D eigenvalue weighted by Gasteiger charge is -2.09. The van der Waals surface area contributed by atoms with E-state index in [0.717, 1.165) is 9.55 Å². The van der Waals surface area contributed by atoms with Gasteiger partial charge in [-0.3, -0.25) is 19.7 Å². The first-order valence-electron chi connectivity index (χ1n) is 6.80. The Labute approximate surface area is 140 Å². The second kappa shape index (κ2) is 5.47. The number of hydrogen-bond acceptors (Lipinski definition) is 5. The van der Waals surface area contributed by atoms with Gasteiger partial charge in [-0.1, -0.05) is 11.6 Å². The van der Waals surface area contributed by atoms with Crippen molar-refractivity contribution in [1.82, 2.24) is 19.4 Å². The van der Waals surface area contributed by atoms with Crippen LogP contribution in [0.4, 0.5) is 0 Å². The van der Waals surface area contributed by atoms with Crippen LogP contribution in [-0.2, 0) is 7.05 Å². The average Bonchev–Trinajstić information content (AvgIpc) is 2.98. The van der Waals surface area contributed by atoms with Gasteiger partial charge >= 0.3 is 0 Å². The zero-order valence-corrected chi connectivity index (χ0v) is 14.5. The van der Waals surface area contributed by atoms with Crippen LogP contribution in [-0.4, -0.2) is 25.3 Å². The standard InChI is InChI=1S/C14H14ClN5O2S/c1-6-5-9-13(23-6)16-8(3)20(14(9)22)18-12(21)11-10(15)7(2)19(4)17-11/h5H,1-4H3,(H,18,21). The first-order valence-corrected chi connectivity index (χ1v) is 7.99. The van der Waals surface area contributed by atoms with Crippen molar-refractivity contribution in [2.75, 3.05) is 5.43 Å². The predicted octanol–water partition coefficient (Wildman–Crippen LogP) is 2.15. The number of nitrogens with zero attached hydrogens (tertiary/aromatic N) is 4. The molecule has 3 heterocycles. The molecule has 0 aromatic carbocycles. The molecular formula is C14H14ClN5O2S. The maximum atomic E-state index is 12.5. The molecule has 0 aliphatic heterocycles. The molecule has 3 rings (SSSR count). The number of halogens is 1. The Morgan fingerprint density at radius 1 is 1.35 bits per heavy atom. The van der Waals surface area contributed by atoms with Gasteiger partial charge in [0.25, 0.3) is 11.5 Å². The highest BCUT2D eigenvalue weighted by atomic mass is 35.5. The molecule has 3 aromatic rings. The van der Waals surface area contributed by atoms with E-state index in [1.807, 2.05) is 6.92 Å². The van der Waals surface area contributed by atoms with Crippen molar-refractivity contribution in [3.63, 3.8) is 0 Å². The minimum absolute atomic E-state index is 0.0690. The summed E-state index contributed by atoms with van der Waals surface area (Å²) in [6, 6.07) is 1.76. The summed E-state index contributed by atoms with van der Waals surface area (Å²) in [4.78, 5) is 30.9. The Bertz CT molecular complexity index is 1000. The van der Waals surface area contributed by atoms with Gasteiger partial charge in [0.15, 0.2) is 5.69 Å². The average molecular weight is 352 g/mol. The largest absolute Gasteiger partial charge is 0.292 e. The summed E-state index contributed by atoms with van der Waals surface area (Å²) in [5, 5.41) is 4.80. The summed E-state index contributed by atoms with van der Waals surface area (Å²) in [5.41, 5.74) is 2.94. The Balaban J connectivity index is 2.06. The number of carbonyl (C=O) groups excluding carboxylic acids is 1. The number of hydrogen-bond donors (Lipinski definition) is 1. The Morgan fingerprint density at radius 3 is 2.65 bits per heavy atom. The number of thiophene rings is 1. The van der Waals surface area contributed by atoms with E-state index >= 15 is 0 Å². The molecule has 23 heavy (non-hydrogen) atoms. The van der Waals surface area contributed by atoms with Gasteiger partial charge in [0.1, 0.15) is 10.7 Å². The van der Waals surface area contributed by atoms with E-state index in [4.69, 9.17) is 11.6 Å². The molecule has 0 bridgehead atoms. The van der Waals surface area contributed by atoms with Crippen LogP contribution in [0.15, 0.2) is 10.9 Å². The lowest BCUT2D eigenvalue weighted by atomic mass is 10.3. The van der Waals surface area contributed by atoms with Crippen LogP contribution >= 0.6 is 22.9 Å². The Kier molecular flexibility index (Phi) is 3.73. The highest BCUT2D eigenvalue weighted by Gasteiger charge is 2.20. The van der Waals surface area contributed by atoms with Crippen LogP contribution in [0.25, 0.3) is 10.2 Å². The van der Waals surface area contributed by atoms with Crippen molar-refractivity contribution in [3.05, 3.63) is 43.5 Å². The van der Waals surface area contributed by atoms with Gasteiger partial charge in [-0.2, -0.15) is 5.10 Å². The topological polar surface area (TPSA) is 81.8 Å². The first kappa shape index (κ1) is 15.7. The molecule has 0 spiro atoms. The fraction of sp³-hybridized carbons (Fsp3) is 0.286. The molecule has 0 aliphatic rings. The van der Waals surface area contributed by atoms with Gasteiger partial charge in [-0.05, 0) is 26.8 Å². The number of rotatable bonds is 2. The van der Waals surface area contributed by atoms with E-state index < -0.39 is 5.91 Å². The molecule has 0 unspecified atom stereocenters. The van der Waals surface area contributed by atoms with E-state index in [9.17, 15) is 9.59 Å². The van der Waals surface area contributed by atoms with Crippen molar-refractivity contribution in [1.29, 1.82) is 0 Å². The van der Waals surface area contributed by atoms with E-state index in [1.165, 1.54) is 16.0 Å². The van der Waals surface area contributed by atoms with E-state index in [-0.39, 0.29) is 16.3 Å². The molecule has 0 atom stereocenters. The monoisotopic (exact) mass is 351 g/mol. The van der Waals surface area contributed by atoms with Gasteiger partial charge < -0.3 is 0 Å². The van der Waals surface area contributed by atoms with Crippen LogP contribution in [0.1, 0.15) is 26.9 Å². The number of aryl methyl sites for hydroxylation is 3. The number of nitrogens with one attached hydrogen (secondary N) is 1. The lowest BCUT2D eigenvalue weighted by Crippen LogP contribution is -2.35. The third kappa shape index (κ3) is 2.53. The summed E-state index contributed by atoms with van der Waals surface area (Å²) >= 11 is 7.55. The van der Waals surface area contributed by atoms with Gasteiger partial charge in [0.05, 0.1) is 16.1 Å². The maximum absolute atomic E-state index is 12.5. The zero-order chi connectivity index (χ0) is 16.9. The van der Waals surface area contributed by atoms with Gasteiger partial charge in [-0.15, -0.1) is 11.3 Å². The SMILES string of the molecule is Cc1cc2c(=O)n(NC(=O)c3nn(C)c(C)c3Cl)c(C)nc2s1. The van der Waals surface area contributed by atoms with E-state index in [2.05, 4.69) is 15.5 Å². The molecule has 0 saturated carbocycles. The van der Waals surface area contributed by atoms with Crippen LogP contribution in [0.3, 0.4) is 0 Å². The smallest absolute Gasteiger partial charge is 0.271 e. The molecule has 0 saturated heterocycles. The van der Waals surface area contributed by atoms with Crippen molar-refractivity contribution in [3.8, 4) is 0 Å². The number of amides is 1. The first-order chi connectivity index (χ1) is 10.8. The summed E-state index contributed by atoms with van der Waals surface area (Å²) < 4.78 is 2.63. The van der Waals surface area contributed by atoms with Crippen LogP contribution in [0.2, 0.25) is 5.02 Å². The van der Waals surface area contributed by atoms with Crippen LogP contribution < -0.4 is 11.0 Å². The van der Waals surface area contributed by atoms with Gasteiger partial charge in [-0.25, -0.2) is 9.66 Å². The van der Waals surface area contributed by atoms with E-state index in [0.29, 0.717) is 21.7 Å². The molecular weight excluding hydrogens is 338 g/mol. The summed E-state index contributed by atoms with van der Waals surface area (Å²) in [7, 11) is 1.69. The molecule has 7 nitrogen and oxygen atoms in total. The molecule has 120 valence electrons. The zero-order valence-electron chi connectivity index (χ0n) is 13.0. The highest BCUT2D eigenvalue weighted by Crippen LogP contribution is 2.21. The minimum Gasteiger partial charge on any atom is -0.271 e. The van der Waals surface area contributed by atoms with Crippen molar-refractivity contribution >= 4 is 39.1 Å². The lowest BCUT2D eigenvalue weighted by molar-refractivity contribution is 0.100. The van der Waals surface area contributed by atoms with Crippen LogP contribution in [0.5, 0.6) is 0 Å². The molecule has 0 fully saturated rings. The number of aromatic nitrogens is 4. The quantitative estimate of drug-likeness (QED) is 0.767. The molecule has 1 N–H and O–H groups in total. The molecule has 3 aromatic heterocycles. The fourth-order valence-corrected chi connectivity index (χ4v) is 3.38. The third-order valence-corrected chi connectivity index (χ3v) is 4.94. The number of fused-ring (bicyclic) bond motifs is 1. The van der Waals surface area contributed by atoms with Crippen molar-refractivity contribution in [2.24, 2.45) is 7.05 Å². The minimum atomic E-state index is -0.558. The molecule has 9 heteroatoms. The van der Waals surface area contributed by atoms with Crippen LogP contribution in [0, 0.1) is 20.8 Å². The Hall–Kier alpha value is -2.19. The van der Waals surface area contributed by atoms with Gasteiger partial charge in [0.2, 0.25) is 0 Å². The normalized spacial score (nSPS) is 11.2. The van der Waals surface area contributed by atoms with E-state index in [1.54, 1.807) is 27.0 Å². The van der Waals surface area contributed by atoms with Gasteiger partial charge in [0, 0.05) is 11.9 Å². The molecule has 1 amide bonds. The molecule has 0 aliphatic carbocycles. The highest BCUT2D eigenvalue weighted by molar-refractivity contribution is 7.18. The number of carbonyl (C=O) groups is 1. The van der Waals surface area contributed by atoms with Crippen molar-refractivity contribution < 1.29 is 4.79 Å². The maximum Gasteiger partial charge on any atom is 0.292 e. The van der Waals surface area contributed by atoms with Crippen molar-refractivity contribution in [2.45, 2.75) is 20.8 Å². The molecule has 0 radical (unpaired) electrons. The summed E-state index contributed by atoms with van der Waals surface area (Å²) in [6.07, 6.45) is 0. The summed E-state index contributed by atoms with van der Waals surface area (Å²) in [5.74, 6) is -0.168. The second-order valence-corrected chi connectivity index (χ2v) is 6.80. The second-order valence-electron chi connectivity index (χ2n) is 5.19. The Morgan fingerprint density at radius 2 is 2.04 bits per heavy atom. The third-order valence-electron chi connectivity index (χ3n) is 3.55.